The number of aromatic amines is 1. The molecule has 0 bridgehead atoms. The zero-order chi connectivity index (χ0) is 23.7. The molecule has 11 heteroatoms. The Kier molecular flexibility index (Phi) is 5.88. The highest BCUT2D eigenvalue weighted by Crippen LogP contribution is 2.28. The monoisotopic (exact) mass is 482 g/mol. The number of hydrogen-bond acceptors (Lipinski definition) is 7. The predicted octanol–water partition coefficient (Wildman–Crippen LogP) is 3.40. The van der Waals surface area contributed by atoms with Crippen LogP contribution in [0.15, 0.2) is 53.6 Å². The Balaban J connectivity index is 1.41. The van der Waals surface area contributed by atoms with Gasteiger partial charge >= 0.3 is 0 Å². The fourth-order valence-corrected chi connectivity index (χ4v) is 5.03. The van der Waals surface area contributed by atoms with Gasteiger partial charge in [-0.15, -0.1) is 0 Å². The Labute approximate surface area is 195 Å². The van der Waals surface area contributed by atoms with Gasteiger partial charge in [-0.1, -0.05) is 6.07 Å². The highest BCUT2D eigenvalue weighted by molar-refractivity contribution is 7.92. The van der Waals surface area contributed by atoms with Gasteiger partial charge < -0.3 is 10.1 Å². The van der Waals surface area contributed by atoms with Crippen molar-refractivity contribution >= 4 is 26.7 Å². The van der Waals surface area contributed by atoms with Crippen molar-refractivity contribution in [1.82, 2.24) is 25.5 Å². The third-order valence-corrected chi connectivity index (χ3v) is 7.01. The molecule has 1 aliphatic rings. The summed E-state index contributed by atoms with van der Waals surface area (Å²) in [5.74, 6) is 0.0671. The number of rotatable bonds is 6. The van der Waals surface area contributed by atoms with Crippen LogP contribution < -0.4 is 14.8 Å². The van der Waals surface area contributed by atoms with Crippen molar-refractivity contribution in [3.8, 4) is 17.3 Å². The lowest BCUT2D eigenvalue weighted by Crippen LogP contribution is -2.34. The molecule has 4 aromatic rings. The van der Waals surface area contributed by atoms with Crippen LogP contribution in [0.5, 0.6) is 5.88 Å². The quantitative estimate of drug-likeness (QED) is 0.385. The van der Waals surface area contributed by atoms with Crippen molar-refractivity contribution in [2.24, 2.45) is 0 Å². The number of benzene rings is 2. The largest absolute Gasteiger partial charge is 0.474 e. The lowest BCUT2D eigenvalue weighted by Gasteiger charge is -2.23. The Bertz CT molecular complexity index is 1430. The van der Waals surface area contributed by atoms with Crippen molar-refractivity contribution in [2.45, 2.75) is 30.8 Å². The van der Waals surface area contributed by atoms with Crippen LogP contribution in [0.25, 0.3) is 22.4 Å². The molecule has 0 atom stereocenters. The minimum absolute atomic E-state index is 0.0564. The van der Waals surface area contributed by atoms with E-state index in [-0.39, 0.29) is 6.10 Å². The first-order valence-corrected chi connectivity index (χ1v) is 12.4. The summed E-state index contributed by atoms with van der Waals surface area (Å²) in [6, 6.07) is 10.5. The third kappa shape index (κ3) is 4.57. The number of aryl methyl sites for hydroxylation is 1. The molecular weight excluding hydrogens is 459 g/mol. The van der Waals surface area contributed by atoms with Crippen molar-refractivity contribution < 1.29 is 17.5 Å². The van der Waals surface area contributed by atoms with Gasteiger partial charge in [-0.2, -0.15) is 10.1 Å². The summed E-state index contributed by atoms with van der Waals surface area (Å²) in [5, 5.41) is 10.9. The van der Waals surface area contributed by atoms with Crippen LogP contribution in [0.1, 0.15) is 18.4 Å². The van der Waals surface area contributed by atoms with Crippen LogP contribution in [-0.2, 0) is 10.0 Å². The topological polar surface area (TPSA) is 122 Å². The molecule has 2 aromatic carbocycles. The van der Waals surface area contributed by atoms with Gasteiger partial charge in [0, 0.05) is 11.3 Å². The van der Waals surface area contributed by atoms with Gasteiger partial charge in [-0.05, 0) is 74.8 Å². The fourth-order valence-electron chi connectivity index (χ4n) is 3.81. The molecule has 0 saturated carbocycles. The van der Waals surface area contributed by atoms with E-state index < -0.39 is 20.7 Å². The van der Waals surface area contributed by atoms with Crippen molar-refractivity contribution in [3.63, 3.8) is 0 Å². The zero-order valence-corrected chi connectivity index (χ0v) is 19.2. The van der Waals surface area contributed by atoms with E-state index >= 15 is 0 Å². The number of H-pyrrole nitrogens is 1. The summed E-state index contributed by atoms with van der Waals surface area (Å²) < 4.78 is 48.0. The molecule has 0 unspecified atom stereocenters. The van der Waals surface area contributed by atoms with Crippen LogP contribution >= 0.6 is 0 Å². The maximum atomic E-state index is 14.1. The first kappa shape index (κ1) is 22.2. The number of halogens is 1. The zero-order valence-electron chi connectivity index (χ0n) is 18.4. The molecular formula is C23H23FN6O3S. The summed E-state index contributed by atoms with van der Waals surface area (Å²) in [6.07, 6.45) is 3.46. The van der Waals surface area contributed by atoms with E-state index in [2.05, 4.69) is 30.2 Å². The van der Waals surface area contributed by atoms with Gasteiger partial charge in [0.1, 0.15) is 22.2 Å². The van der Waals surface area contributed by atoms with Gasteiger partial charge in [-0.3, -0.25) is 9.82 Å². The minimum Gasteiger partial charge on any atom is -0.474 e. The van der Waals surface area contributed by atoms with Crippen LogP contribution in [0.2, 0.25) is 0 Å². The average Bonchev–Trinajstić information content (AvgIpc) is 3.31. The first-order valence-electron chi connectivity index (χ1n) is 10.9. The molecule has 1 fully saturated rings. The lowest BCUT2D eigenvalue weighted by molar-refractivity contribution is 0.158. The molecule has 0 aliphatic carbocycles. The van der Waals surface area contributed by atoms with Crippen molar-refractivity contribution in [3.05, 3.63) is 60.0 Å². The molecule has 0 radical (unpaired) electrons. The number of ether oxygens (including phenoxy) is 1. The second-order valence-electron chi connectivity index (χ2n) is 8.17. The Hall–Kier alpha value is -3.57. The molecule has 1 saturated heterocycles. The predicted molar refractivity (Wildman–Crippen MR) is 126 cm³/mol. The highest BCUT2D eigenvalue weighted by Gasteiger charge is 2.21. The normalized spacial score (nSPS) is 14.9. The van der Waals surface area contributed by atoms with E-state index in [0.717, 1.165) is 32.0 Å². The Morgan fingerprint density at radius 1 is 1.09 bits per heavy atom. The minimum atomic E-state index is -4.08. The van der Waals surface area contributed by atoms with Crippen LogP contribution in [-0.4, -0.2) is 47.8 Å². The number of aromatic nitrogens is 4. The van der Waals surface area contributed by atoms with Crippen molar-refractivity contribution in [2.75, 3.05) is 17.8 Å². The summed E-state index contributed by atoms with van der Waals surface area (Å²) in [5.41, 5.74) is 2.15. The van der Waals surface area contributed by atoms with E-state index in [0.29, 0.717) is 39.6 Å². The molecule has 0 spiro atoms. The van der Waals surface area contributed by atoms with E-state index in [9.17, 15) is 12.8 Å². The maximum absolute atomic E-state index is 14.1. The molecule has 9 nitrogen and oxygen atoms in total. The van der Waals surface area contributed by atoms with E-state index in [1.165, 1.54) is 12.1 Å². The summed E-state index contributed by atoms with van der Waals surface area (Å²) in [7, 11) is -4.08. The molecule has 0 amide bonds. The number of fused-ring (bicyclic) bond motifs is 1. The van der Waals surface area contributed by atoms with Gasteiger partial charge in [0.05, 0.1) is 6.20 Å². The number of piperidine rings is 1. The first-order chi connectivity index (χ1) is 16.4. The summed E-state index contributed by atoms with van der Waals surface area (Å²) >= 11 is 0. The standard InChI is InChI=1S/C23H23FN6O3S/c1-14-2-7-19(24)20(12-14)34(31,32)30-16-5-3-15(4-6-16)21-27-22-18(13-26-29-22)23(28-21)33-17-8-10-25-11-9-17/h2-7,12-13,17,25,30H,8-11H2,1H3,(H,26,27,28,29). The molecule has 3 N–H and O–H groups in total. The molecule has 176 valence electrons. The van der Waals surface area contributed by atoms with Crippen LogP contribution in [0.4, 0.5) is 10.1 Å². The lowest BCUT2D eigenvalue weighted by atomic mass is 10.1. The summed E-state index contributed by atoms with van der Waals surface area (Å²) in [4.78, 5) is 8.73. The number of nitrogens with one attached hydrogen (secondary N) is 3. The van der Waals surface area contributed by atoms with Gasteiger partial charge in [-0.25, -0.2) is 17.8 Å². The molecule has 3 heterocycles. The van der Waals surface area contributed by atoms with E-state index in [1.807, 2.05) is 0 Å². The van der Waals surface area contributed by atoms with Gasteiger partial charge in [0.2, 0.25) is 5.88 Å². The molecule has 1 aliphatic heterocycles. The van der Waals surface area contributed by atoms with E-state index in [1.54, 1.807) is 37.4 Å². The smallest absolute Gasteiger partial charge is 0.264 e. The molecule has 2 aromatic heterocycles. The van der Waals surface area contributed by atoms with Crippen LogP contribution in [0.3, 0.4) is 0 Å². The number of anilines is 1. The maximum Gasteiger partial charge on any atom is 0.264 e. The highest BCUT2D eigenvalue weighted by atomic mass is 32.2. The fraction of sp³-hybridized carbons (Fsp3) is 0.261. The Morgan fingerprint density at radius 2 is 1.85 bits per heavy atom. The number of nitrogens with zero attached hydrogens (tertiary/aromatic N) is 3. The van der Waals surface area contributed by atoms with Gasteiger partial charge in [0.25, 0.3) is 10.0 Å². The van der Waals surface area contributed by atoms with Crippen LogP contribution in [0, 0.1) is 12.7 Å². The third-order valence-electron chi connectivity index (χ3n) is 5.61. The summed E-state index contributed by atoms with van der Waals surface area (Å²) in [6.45, 7) is 3.48. The second-order valence-corrected chi connectivity index (χ2v) is 9.82. The molecule has 5 rings (SSSR count). The Morgan fingerprint density at radius 3 is 2.62 bits per heavy atom. The second kappa shape index (κ2) is 8.99. The number of sulfonamides is 1. The molecule has 34 heavy (non-hydrogen) atoms. The van der Waals surface area contributed by atoms with Crippen molar-refractivity contribution in [1.29, 1.82) is 0 Å². The van der Waals surface area contributed by atoms with E-state index in [4.69, 9.17) is 4.74 Å². The van der Waals surface area contributed by atoms with Gasteiger partial charge in [0.15, 0.2) is 11.5 Å². The SMILES string of the molecule is Cc1ccc(F)c(S(=O)(=O)Nc2ccc(-c3nc(OC4CCNCC4)c4cn[nH]c4n3)cc2)c1. The number of hydrogen-bond donors (Lipinski definition) is 3. The average molecular weight is 483 g/mol.